The molecule has 7 heteroatoms. The largest absolute Gasteiger partial charge is 0.469 e. The molecule has 0 aliphatic rings. The highest BCUT2D eigenvalue weighted by molar-refractivity contribution is 9.09. The lowest BCUT2D eigenvalue weighted by Gasteiger charge is -2.19. The summed E-state index contributed by atoms with van der Waals surface area (Å²) in [4.78, 5) is 16.6. The molecule has 74 valence electrons. The summed E-state index contributed by atoms with van der Waals surface area (Å²) in [6.07, 6.45) is 0.170. The summed E-state index contributed by atoms with van der Waals surface area (Å²) in [5, 5.41) is 9.68. The van der Waals surface area contributed by atoms with Crippen LogP contribution in [0.4, 0.5) is 0 Å². The summed E-state index contributed by atoms with van der Waals surface area (Å²) >= 11 is 3.05. The lowest BCUT2D eigenvalue weighted by molar-refractivity contribution is 0.0555. The maximum Gasteiger partial charge on any atom is 0.469 e. The molecule has 0 unspecified atom stereocenters. The van der Waals surface area contributed by atoms with Gasteiger partial charge in [-0.3, -0.25) is 4.52 Å². The number of phosphoric acid groups is 1. The zero-order chi connectivity index (χ0) is 9.83. The third kappa shape index (κ3) is 7.21. The van der Waals surface area contributed by atoms with Crippen molar-refractivity contribution in [2.45, 2.75) is 18.9 Å². The van der Waals surface area contributed by atoms with Gasteiger partial charge in [-0.2, -0.15) is 0 Å². The average molecular weight is 263 g/mol. The molecule has 0 aromatic rings. The molecule has 0 aliphatic carbocycles. The predicted octanol–water partition coefficient (Wildman–Crippen LogP) is 0.632. The molecule has 0 saturated heterocycles. The van der Waals surface area contributed by atoms with Crippen LogP contribution in [0.1, 0.15) is 13.3 Å². The van der Waals surface area contributed by atoms with E-state index in [2.05, 4.69) is 20.5 Å². The fourth-order valence-corrected chi connectivity index (χ4v) is 1.06. The lowest BCUT2D eigenvalue weighted by Crippen LogP contribution is -2.27. The van der Waals surface area contributed by atoms with Crippen molar-refractivity contribution < 1.29 is 24.0 Å². The molecule has 3 N–H and O–H groups in total. The van der Waals surface area contributed by atoms with Gasteiger partial charge in [0.25, 0.3) is 0 Å². The van der Waals surface area contributed by atoms with E-state index in [-0.39, 0.29) is 13.0 Å². The number of hydrogen-bond donors (Lipinski definition) is 3. The van der Waals surface area contributed by atoms with Crippen LogP contribution in [0.3, 0.4) is 0 Å². The lowest BCUT2D eigenvalue weighted by atomic mass is 10.1. The van der Waals surface area contributed by atoms with Gasteiger partial charge in [-0.15, -0.1) is 0 Å². The Labute approximate surface area is 79.1 Å². The normalized spacial score (nSPS) is 17.4. The molecule has 0 heterocycles. The topological polar surface area (TPSA) is 87.0 Å². The Bertz CT molecular complexity index is 177. The quantitative estimate of drug-likeness (QED) is 0.500. The molecule has 0 saturated carbocycles. The molecule has 0 aromatic carbocycles. The number of phosphoric ester groups is 1. The van der Waals surface area contributed by atoms with Crippen LogP contribution in [0.15, 0.2) is 0 Å². The second kappa shape index (κ2) is 4.69. The maximum absolute atomic E-state index is 10.2. The average Bonchev–Trinajstić information content (AvgIpc) is 1.84. The smallest absolute Gasteiger partial charge is 0.389 e. The van der Waals surface area contributed by atoms with Crippen molar-refractivity contribution in [1.29, 1.82) is 0 Å². The third-order valence-corrected chi connectivity index (χ3v) is 2.91. The number of alkyl halides is 1. The second-order valence-corrected chi connectivity index (χ2v) is 4.50. The summed E-state index contributed by atoms with van der Waals surface area (Å²) in [7, 11) is -4.39. The zero-order valence-corrected chi connectivity index (χ0v) is 9.09. The van der Waals surface area contributed by atoms with Gasteiger partial charge in [0.1, 0.15) is 0 Å². The van der Waals surface area contributed by atoms with Crippen molar-refractivity contribution in [3.05, 3.63) is 0 Å². The van der Waals surface area contributed by atoms with Crippen LogP contribution in [-0.4, -0.2) is 32.4 Å². The van der Waals surface area contributed by atoms with Crippen LogP contribution in [0.25, 0.3) is 0 Å². The Hall–Kier alpha value is 0.550. The summed E-state index contributed by atoms with van der Waals surface area (Å²) in [6.45, 7) is 1.38. The van der Waals surface area contributed by atoms with E-state index >= 15 is 0 Å². The van der Waals surface area contributed by atoms with Gasteiger partial charge in [0.15, 0.2) is 0 Å². The van der Waals surface area contributed by atoms with E-state index in [0.717, 1.165) is 0 Å². The second-order valence-electron chi connectivity index (χ2n) is 2.70. The van der Waals surface area contributed by atoms with E-state index in [1.54, 1.807) is 6.92 Å². The minimum Gasteiger partial charge on any atom is -0.389 e. The van der Waals surface area contributed by atoms with E-state index < -0.39 is 13.4 Å². The Balaban J connectivity index is 3.64. The van der Waals surface area contributed by atoms with Gasteiger partial charge < -0.3 is 14.9 Å². The van der Waals surface area contributed by atoms with Gasteiger partial charge in [0, 0.05) is 11.8 Å². The highest BCUT2D eigenvalue weighted by Crippen LogP contribution is 2.36. The molecule has 12 heavy (non-hydrogen) atoms. The fraction of sp³-hybridized carbons (Fsp3) is 1.00. The first-order valence-corrected chi connectivity index (χ1v) is 5.90. The molecule has 0 spiro atoms. The molecule has 0 bridgehead atoms. The third-order valence-electron chi connectivity index (χ3n) is 1.19. The van der Waals surface area contributed by atoms with E-state index in [0.29, 0.717) is 5.33 Å². The Morgan fingerprint density at radius 3 is 2.42 bits per heavy atom. The van der Waals surface area contributed by atoms with Gasteiger partial charge >= 0.3 is 7.82 Å². The molecule has 0 radical (unpaired) electrons. The predicted molar refractivity (Wildman–Crippen MR) is 47.0 cm³/mol. The van der Waals surface area contributed by atoms with E-state index in [4.69, 9.17) is 9.79 Å². The fourth-order valence-electron chi connectivity index (χ4n) is 0.451. The van der Waals surface area contributed by atoms with Crippen molar-refractivity contribution in [2.75, 3.05) is 11.9 Å². The number of hydrogen-bond acceptors (Lipinski definition) is 3. The SMILES string of the molecule is C[C@@](O)(CBr)CCOP(=O)(O)O. The van der Waals surface area contributed by atoms with E-state index in [9.17, 15) is 9.67 Å². The van der Waals surface area contributed by atoms with Crippen molar-refractivity contribution >= 4 is 23.8 Å². The number of halogens is 1. The van der Waals surface area contributed by atoms with E-state index in [1.807, 2.05) is 0 Å². The van der Waals surface area contributed by atoms with Crippen molar-refractivity contribution in [3.8, 4) is 0 Å². The molecule has 0 aliphatic heterocycles. The first kappa shape index (κ1) is 12.6. The summed E-state index contributed by atoms with van der Waals surface area (Å²) in [6, 6.07) is 0. The summed E-state index contributed by atoms with van der Waals surface area (Å²) in [5.74, 6) is 0. The van der Waals surface area contributed by atoms with Gasteiger partial charge in [-0.1, -0.05) is 15.9 Å². The minimum atomic E-state index is -4.39. The maximum atomic E-state index is 10.2. The van der Waals surface area contributed by atoms with Gasteiger partial charge in [0.05, 0.1) is 12.2 Å². The van der Waals surface area contributed by atoms with Gasteiger partial charge in [0.2, 0.25) is 0 Å². The van der Waals surface area contributed by atoms with Crippen LogP contribution in [-0.2, 0) is 9.09 Å². The van der Waals surface area contributed by atoms with Crippen LogP contribution in [0, 0.1) is 0 Å². The molecule has 0 rings (SSSR count). The molecular weight excluding hydrogens is 251 g/mol. The van der Waals surface area contributed by atoms with Crippen LogP contribution in [0.5, 0.6) is 0 Å². The summed E-state index contributed by atoms with van der Waals surface area (Å²) in [5.41, 5.74) is -0.991. The molecule has 0 amide bonds. The molecule has 0 fully saturated rings. The van der Waals surface area contributed by atoms with Gasteiger partial charge in [-0.05, 0) is 6.92 Å². The Morgan fingerprint density at radius 1 is 1.58 bits per heavy atom. The molecular formula is C5H12BrO5P. The van der Waals surface area contributed by atoms with Crippen LogP contribution >= 0.6 is 23.8 Å². The Kier molecular flexibility index (Phi) is 4.91. The highest BCUT2D eigenvalue weighted by atomic mass is 79.9. The van der Waals surface area contributed by atoms with Crippen LogP contribution < -0.4 is 0 Å². The van der Waals surface area contributed by atoms with E-state index in [1.165, 1.54) is 0 Å². The zero-order valence-electron chi connectivity index (χ0n) is 6.60. The molecule has 1 atom stereocenters. The number of rotatable bonds is 5. The molecule has 0 aromatic heterocycles. The van der Waals surface area contributed by atoms with Crippen molar-refractivity contribution in [3.63, 3.8) is 0 Å². The highest BCUT2D eigenvalue weighted by Gasteiger charge is 2.21. The van der Waals surface area contributed by atoms with Crippen molar-refractivity contribution in [1.82, 2.24) is 0 Å². The summed E-state index contributed by atoms with van der Waals surface area (Å²) < 4.78 is 14.3. The Morgan fingerprint density at radius 2 is 2.08 bits per heavy atom. The number of aliphatic hydroxyl groups is 1. The minimum absolute atomic E-state index is 0.164. The first-order chi connectivity index (χ1) is 5.27. The molecule has 5 nitrogen and oxygen atoms in total. The van der Waals surface area contributed by atoms with Crippen LogP contribution in [0.2, 0.25) is 0 Å². The van der Waals surface area contributed by atoms with Gasteiger partial charge in [-0.25, -0.2) is 4.57 Å². The first-order valence-electron chi connectivity index (χ1n) is 3.25. The van der Waals surface area contributed by atoms with Crippen molar-refractivity contribution in [2.24, 2.45) is 0 Å². The monoisotopic (exact) mass is 262 g/mol. The standard InChI is InChI=1S/C5H12BrO5P/c1-5(7,4-6)2-3-11-12(8,9)10/h7H,2-4H2,1H3,(H2,8,9,10)/t5-/m0/s1.